The molecule has 2 aromatic rings. The zero-order chi connectivity index (χ0) is 17.5. The van der Waals surface area contributed by atoms with Gasteiger partial charge in [-0.25, -0.2) is 4.79 Å². The highest BCUT2D eigenvalue weighted by atomic mass is 79.9. The van der Waals surface area contributed by atoms with Crippen molar-refractivity contribution >= 4 is 44.2 Å². The minimum absolute atomic E-state index is 0.0267. The van der Waals surface area contributed by atoms with Gasteiger partial charge < -0.3 is 5.32 Å². The molecule has 124 valence electrons. The van der Waals surface area contributed by atoms with Gasteiger partial charge in [-0.3, -0.25) is 24.0 Å². The summed E-state index contributed by atoms with van der Waals surface area (Å²) in [6.07, 6.45) is 0. The van der Waals surface area contributed by atoms with Gasteiger partial charge in [0.15, 0.2) is 0 Å². The van der Waals surface area contributed by atoms with E-state index < -0.39 is 9.75 Å². The molecule has 1 atom stereocenters. The molecule has 8 nitrogen and oxygen atoms in total. The number of carbonyl (C=O) groups is 1. The topological polar surface area (TPSA) is 99.2 Å². The van der Waals surface area contributed by atoms with E-state index >= 15 is 0 Å². The van der Waals surface area contributed by atoms with Crippen LogP contribution in [-0.2, 0) is 18.9 Å². The molecule has 1 N–H and O–H groups in total. The summed E-state index contributed by atoms with van der Waals surface area (Å²) < 4.78 is 2.71. The molecule has 0 aliphatic carbocycles. The number of nitrogens with zero attached hydrogens (tertiary/aromatic N) is 3. The number of amides is 1. The second-order valence-electron chi connectivity index (χ2n) is 5.65. The van der Waals surface area contributed by atoms with Crippen molar-refractivity contribution in [2.24, 2.45) is 20.0 Å². The largest absolute Gasteiger partial charge is 0.328 e. The van der Waals surface area contributed by atoms with Crippen LogP contribution in [0.15, 0.2) is 16.9 Å². The van der Waals surface area contributed by atoms with E-state index in [9.17, 15) is 19.7 Å². The van der Waals surface area contributed by atoms with Crippen LogP contribution >= 0.6 is 15.9 Å². The van der Waals surface area contributed by atoms with Crippen LogP contribution in [0.3, 0.4) is 0 Å². The van der Waals surface area contributed by atoms with E-state index in [0.29, 0.717) is 11.0 Å². The number of anilines is 1. The third-order valence-corrected chi connectivity index (χ3v) is 5.15. The van der Waals surface area contributed by atoms with Crippen molar-refractivity contribution in [1.29, 1.82) is 0 Å². The molecule has 0 bridgehead atoms. The monoisotopic (exact) mass is 384 g/mol. The predicted molar refractivity (Wildman–Crippen MR) is 91.0 cm³/mol. The molecule has 0 aliphatic heterocycles. The van der Waals surface area contributed by atoms with E-state index in [2.05, 4.69) is 21.2 Å². The molecule has 0 unspecified atom stereocenters. The Morgan fingerprint density at radius 1 is 1.26 bits per heavy atom. The molecule has 2 rings (SSSR count). The van der Waals surface area contributed by atoms with Crippen LogP contribution < -0.4 is 11.0 Å². The summed E-state index contributed by atoms with van der Waals surface area (Å²) in [5, 5.41) is 13.9. The number of carbonyl (C=O) groups excluding carboxylic acids is 1. The molecule has 1 heterocycles. The highest BCUT2D eigenvalue weighted by Crippen LogP contribution is 2.30. The first-order chi connectivity index (χ1) is 10.6. The summed E-state index contributed by atoms with van der Waals surface area (Å²) >= 11 is 3.27. The number of fused-ring (bicyclic) bond motifs is 1. The highest BCUT2D eigenvalue weighted by Gasteiger charge is 2.24. The lowest BCUT2D eigenvalue weighted by Crippen LogP contribution is -2.27. The number of hydrogen-bond acceptors (Lipinski definition) is 4. The number of nitrogens with one attached hydrogen (secondary N) is 1. The maximum atomic E-state index is 12.2. The van der Waals surface area contributed by atoms with Crippen molar-refractivity contribution < 1.29 is 9.72 Å². The molecule has 0 fully saturated rings. The number of nitro benzene ring substituents is 1. The molecule has 0 aliphatic rings. The maximum absolute atomic E-state index is 12.2. The Morgan fingerprint density at radius 3 is 2.26 bits per heavy atom. The Kier molecular flexibility index (Phi) is 4.60. The van der Waals surface area contributed by atoms with Gasteiger partial charge in [0.25, 0.3) is 5.69 Å². The Balaban J connectivity index is 2.60. The van der Waals surface area contributed by atoms with Crippen LogP contribution in [0.2, 0.25) is 0 Å². The normalized spacial score (nSPS) is 12.6. The van der Waals surface area contributed by atoms with E-state index in [1.54, 1.807) is 14.1 Å². The standard InChI is InChI=1S/C14H17BrN4O4/c1-7(2)12(15)13(20)16-8-5-10-11(6-9(8)19(22)23)18(4)14(21)17(10)3/h5-7,12H,1-4H3,(H,16,20)/t12-/m0/s1. The lowest BCUT2D eigenvalue weighted by molar-refractivity contribution is -0.383. The molecule has 1 aromatic carbocycles. The lowest BCUT2D eigenvalue weighted by Gasteiger charge is -2.14. The first kappa shape index (κ1) is 17.2. The Hall–Kier alpha value is -2.16. The van der Waals surface area contributed by atoms with Gasteiger partial charge in [-0.05, 0) is 12.0 Å². The van der Waals surface area contributed by atoms with E-state index in [1.165, 1.54) is 21.3 Å². The summed E-state index contributed by atoms with van der Waals surface area (Å²) in [4.78, 5) is 34.4. The fourth-order valence-electron chi connectivity index (χ4n) is 2.29. The van der Waals surface area contributed by atoms with E-state index in [0.717, 1.165) is 0 Å². The van der Waals surface area contributed by atoms with Gasteiger partial charge >= 0.3 is 5.69 Å². The number of benzene rings is 1. The molecular formula is C14H17BrN4O4. The summed E-state index contributed by atoms with van der Waals surface area (Å²) in [6.45, 7) is 3.72. The number of aryl methyl sites for hydroxylation is 2. The molecule has 0 radical (unpaired) electrons. The SMILES string of the molecule is CC(C)[C@H](Br)C(=O)Nc1cc2c(cc1[N+](=O)[O-])n(C)c(=O)n2C. The van der Waals surface area contributed by atoms with Crippen LogP contribution in [0.4, 0.5) is 11.4 Å². The highest BCUT2D eigenvalue weighted by molar-refractivity contribution is 9.10. The first-order valence-corrected chi connectivity index (χ1v) is 7.85. The van der Waals surface area contributed by atoms with Gasteiger partial charge in [-0.15, -0.1) is 0 Å². The Labute approximate surface area is 140 Å². The van der Waals surface area contributed by atoms with Gasteiger partial charge in [0.2, 0.25) is 5.91 Å². The first-order valence-electron chi connectivity index (χ1n) is 6.94. The molecule has 0 saturated heterocycles. The van der Waals surface area contributed by atoms with Gasteiger partial charge in [0.1, 0.15) is 5.69 Å². The minimum Gasteiger partial charge on any atom is -0.319 e. The second kappa shape index (κ2) is 6.15. The maximum Gasteiger partial charge on any atom is 0.328 e. The number of nitro groups is 1. The molecule has 1 amide bonds. The van der Waals surface area contributed by atoms with Crippen LogP contribution in [0.25, 0.3) is 11.0 Å². The lowest BCUT2D eigenvalue weighted by atomic mass is 10.1. The van der Waals surface area contributed by atoms with Crippen molar-refractivity contribution in [1.82, 2.24) is 9.13 Å². The van der Waals surface area contributed by atoms with E-state index in [-0.39, 0.29) is 28.9 Å². The van der Waals surface area contributed by atoms with Crippen molar-refractivity contribution in [2.45, 2.75) is 18.7 Å². The van der Waals surface area contributed by atoms with Gasteiger partial charge in [-0.1, -0.05) is 29.8 Å². The van der Waals surface area contributed by atoms with Gasteiger partial charge in [0.05, 0.1) is 20.8 Å². The quantitative estimate of drug-likeness (QED) is 0.495. The Bertz CT molecular complexity index is 853. The van der Waals surface area contributed by atoms with E-state index in [4.69, 9.17) is 0 Å². The fourth-order valence-corrected chi connectivity index (χ4v) is 2.40. The van der Waals surface area contributed by atoms with Crippen LogP contribution in [-0.4, -0.2) is 24.8 Å². The summed E-state index contributed by atoms with van der Waals surface area (Å²) in [5.74, 6) is -0.345. The molecule has 9 heteroatoms. The molecule has 0 spiro atoms. The smallest absolute Gasteiger partial charge is 0.319 e. The summed E-state index contributed by atoms with van der Waals surface area (Å²) in [6, 6.07) is 2.75. The number of aromatic nitrogens is 2. The van der Waals surface area contributed by atoms with Crippen molar-refractivity contribution in [3.05, 3.63) is 32.7 Å². The average Bonchev–Trinajstić information content (AvgIpc) is 2.70. The van der Waals surface area contributed by atoms with Crippen LogP contribution in [0, 0.1) is 16.0 Å². The summed E-state index contributed by atoms with van der Waals surface area (Å²) in [7, 11) is 3.11. The fraction of sp³-hybridized carbons (Fsp3) is 0.429. The number of alkyl halides is 1. The number of rotatable bonds is 4. The van der Waals surface area contributed by atoms with Crippen molar-refractivity contribution in [3.8, 4) is 0 Å². The number of hydrogen-bond donors (Lipinski definition) is 1. The number of halogens is 1. The zero-order valence-electron chi connectivity index (χ0n) is 13.2. The van der Waals surface area contributed by atoms with Crippen molar-refractivity contribution in [2.75, 3.05) is 5.32 Å². The molecule has 23 heavy (non-hydrogen) atoms. The van der Waals surface area contributed by atoms with E-state index in [1.807, 2.05) is 13.8 Å². The second-order valence-corrected chi connectivity index (χ2v) is 6.64. The molecule has 1 aromatic heterocycles. The minimum atomic E-state index is -0.578. The predicted octanol–water partition coefficient (Wildman–Crippen LogP) is 2.14. The van der Waals surface area contributed by atoms with Gasteiger partial charge in [-0.2, -0.15) is 0 Å². The summed E-state index contributed by atoms with van der Waals surface area (Å²) in [5.41, 5.74) is 0.461. The van der Waals surface area contributed by atoms with Gasteiger partial charge in [0, 0.05) is 20.2 Å². The third kappa shape index (κ3) is 3.00. The number of imidazole rings is 1. The van der Waals surface area contributed by atoms with Crippen LogP contribution in [0.1, 0.15) is 13.8 Å². The van der Waals surface area contributed by atoms with Crippen LogP contribution in [0.5, 0.6) is 0 Å². The molecule has 0 saturated carbocycles. The Morgan fingerprint density at radius 2 is 1.78 bits per heavy atom. The van der Waals surface area contributed by atoms with Crippen molar-refractivity contribution in [3.63, 3.8) is 0 Å². The third-order valence-electron chi connectivity index (χ3n) is 3.68. The average molecular weight is 385 g/mol. The zero-order valence-corrected chi connectivity index (χ0v) is 14.7. The molecular weight excluding hydrogens is 368 g/mol.